The van der Waals surface area contributed by atoms with Crippen LogP contribution >= 0.6 is 0 Å². The molecule has 2 saturated heterocycles. The average molecular weight is 1250 g/mol. The molecular weight excluding hydrogens is 1120 g/mol. The number of rotatable bonds is 54. The van der Waals surface area contributed by atoms with E-state index >= 15 is 0 Å². The van der Waals surface area contributed by atoms with E-state index < -0.39 is 86.8 Å². The predicted octanol–water partition coefficient (Wildman–Crippen LogP) is 14.1. The number of unbranched alkanes of at least 4 members (excludes halogenated alkanes) is 19. The first-order valence-corrected chi connectivity index (χ1v) is 34.6. The van der Waals surface area contributed by atoms with Gasteiger partial charge in [-0.05, 0) is 103 Å². The fraction of sp³-hybridized carbons (Fsp3) is 0.667. The molecule has 12 atom stereocenters. The zero-order valence-corrected chi connectivity index (χ0v) is 54.9. The highest BCUT2D eigenvalue weighted by atomic mass is 16.7. The average Bonchev–Trinajstić information content (AvgIpc) is 2.55. The SMILES string of the molecule is CC/C=C\C/C=C\C/C=C\C/C=C\C/C=C\C/C=C\C/C=C\C/C=C\C/C=C\C/C=C\C/C=C\CCCCCCCC(=O)NC(COC1OC(CO)C(OC2OC(CO)C(O)C(O)C2O)C(O)C1O)C(O)/C=C/CCCCCCCCCCCCCCCC. The Balaban J connectivity index is 1.67. The van der Waals surface area contributed by atoms with E-state index in [9.17, 15) is 45.6 Å². The fourth-order valence-corrected chi connectivity index (χ4v) is 10.3. The van der Waals surface area contributed by atoms with Gasteiger partial charge in [-0.25, -0.2) is 0 Å². The second-order valence-corrected chi connectivity index (χ2v) is 23.6. The summed E-state index contributed by atoms with van der Waals surface area (Å²) in [6.45, 7) is 2.66. The number of carbonyl (C=O) groups excluding carboxylic acids is 1. The van der Waals surface area contributed by atoms with E-state index in [0.717, 1.165) is 122 Å². The Morgan fingerprint density at radius 3 is 1.19 bits per heavy atom. The van der Waals surface area contributed by atoms with Crippen LogP contribution in [0.3, 0.4) is 0 Å². The molecule has 0 aromatic heterocycles. The second kappa shape index (κ2) is 57.7. The summed E-state index contributed by atoms with van der Waals surface area (Å²) in [6, 6.07) is -0.936. The monoisotopic (exact) mass is 1250 g/mol. The number of aliphatic hydroxyl groups excluding tert-OH is 8. The number of nitrogens with one attached hydrogen (secondary N) is 1. The van der Waals surface area contributed by atoms with Gasteiger partial charge < -0.3 is 65.1 Å². The van der Waals surface area contributed by atoms with Crippen molar-refractivity contribution >= 4 is 5.91 Å². The lowest BCUT2D eigenvalue weighted by Crippen LogP contribution is -2.65. The van der Waals surface area contributed by atoms with Crippen molar-refractivity contribution in [1.29, 1.82) is 0 Å². The van der Waals surface area contributed by atoms with Crippen molar-refractivity contribution < 1.29 is 64.6 Å². The summed E-state index contributed by atoms with van der Waals surface area (Å²) in [5.74, 6) is -0.264. The molecule has 9 N–H and O–H groups in total. The molecule has 2 aliphatic heterocycles. The number of hydrogen-bond acceptors (Lipinski definition) is 13. The molecular formula is C75H123NO13. The molecule has 2 aliphatic rings. The van der Waals surface area contributed by atoms with Crippen molar-refractivity contribution in [2.24, 2.45) is 0 Å². The van der Waals surface area contributed by atoms with Crippen molar-refractivity contribution in [1.82, 2.24) is 5.32 Å². The molecule has 2 fully saturated rings. The van der Waals surface area contributed by atoms with Crippen LogP contribution in [0.25, 0.3) is 0 Å². The van der Waals surface area contributed by atoms with Crippen LogP contribution in [0.5, 0.6) is 0 Å². The van der Waals surface area contributed by atoms with Crippen LogP contribution in [0.2, 0.25) is 0 Å². The van der Waals surface area contributed by atoms with Crippen molar-refractivity contribution in [2.75, 3.05) is 19.8 Å². The molecule has 14 nitrogen and oxygen atoms in total. The molecule has 0 bridgehead atoms. The van der Waals surface area contributed by atoms with Gasteiger partial charge in [0.2, 0.25) is 5.91 Å². The minimum Gasteiger partial charge on any atom is -0.394 e. The van der Waals surface area contributed by atoms with Gasteiger partial charge in [-0.1, -0.05) is 262 Å². The van der Waals surface area contributed by atoms with Crippen LogP contribution in [-0.4, -0.2) is 140 Å². The third-order valence-electron chi connectivity index (χ3n) is 15.8. The Hall–Kier alpha value is -4.13. The maximum absolute atomic E-state index is 13.3. The molecule has 14 heteroatoms. The Morgan fingerprint density at radius 2 is 0.775 bits per heavy atom. The van der Waals surface area contributed by atoms with Crippen LogP contribution in [0, 0.1) is 0 Å². The van der Waals surface area contributed by atoms with E-state index in [-0.39, 0.29) is 18.9 Å². The lowest BCUT2D eigenvalue weighted by molar-refractivity contribution is -0.359. The summed E-state index contributed by atoms with van der Waals surface area (Å²) in [6.07, 6.45) is 70.3. The summed E-state index contributed by atoms with van der Waals surface area (Å²) < 4.78 is 22.8. The summed E-state index contributed by atoms with van der Waals surface area (Å²) in [5, 5.41) is 87.3. The highest BCUT2D eigenvalue weighted by Crippen LogP contribution is 2.30. The smallest absolute Gasteiger partial charge is 0.220 e. The van der Waals surface area contributed by atoms with Crippen LogP contribution in [-0.2, 0) is 23.7 Å². The van der Waals surface area contributed by atoms with E-state index in [0.29, 0.717) is 6.42 Å². The number of ether oxygens (including phenoxy) is 4. The van der Waals surface area contributed by atoms with E-state index in [1.807, 2.05) is 6.08 Å². The van der Waals surface area contributed by atoms with Gasteiger partial charge in [0.05, 0.1) is 32.0 Å². The van der Waals surface area contributed by atoms with Crippen molar-refractivity contribution in [3.63, 3.8) is 0 Å². The van der Waals surface area contributed by atoms with Gasteiger partial charge in [0.15, 0.2) is 12.6 Å². The minimum atomic E-state index is -1.80. The Kier molecular flexibility index (Phi) is 52.5. The number of hydrogen-bond donors (Lipinski definition) is 9. The van der Waals surface area contributed by atoms with Crippen molar-refractivity contribution in [3.05, 3.63) is 146 Å². The third-order valence-corrected chi connectivity index (χ3v) is 15.8. The van der Waals surface area contributed by atoms with Gasteiger partial charge in [0.1, 0.15) is 48.8 Å². The molecule has 0 aliphatic carbocycles. The number of amides is 1. The van der Waals surface area contributed by atoms with Crippen LogP contribution < -0.4 is 5.32 Å². The van der Waals surface area contributed by atoms with Crippen molar-refractivity contribution in [2.45, 2.75) is 299 Å². The molecule has 2 heterocycles. The summed E-state index contributed by atoms with van der Waals surface area (Å²) in [4.78, 5) is 13.3. The van der Waals surface area contributed by atoms with Gasteiger partial charge in [-0.15, -0.1) is 0 Å². The lowest BCUT2D eigenvalue weighted by Gasteiger charge is -2.46. The maximum Gasteiger partial charge on any atom is 0.220 e. The molecule has 0 aromatic carbocycles. The summed E-state index contributed by atoms with van der Waals surface area (Å²) in [5.41, 5.74) is 0. The van der Waals surface area contributed by atoms with E-state index in [1.54, 1.807) is 6.08 Å². The lowest BCUT2D eigenvalue weighted by atomic mass is 9.97. The first kappa shape index (κ1) is 81.0. The Morgan fingerprint density at radius 1 is 0.416 bits per heavy atom. The van der Waals surface area contributed by atoms with Gasteiger partial charge in [0.25, 0.3) is 0 Å². The molecule has 0 spiro atoms. The minimum absolute atomic E-state index is 0.249. The van der Waals surface area contributed by atoms with Gasteiger partial charge in [-0.3, -0.25) is 4.79 Å². The topological polar surface area (TPSA) is 228 Å². The van der Waals surface area contributed by atoms with Crippen molar-refractivity contribution in [3.8, 4) is 0 Å². The molecule has 0 radical (unpaired) electrons. The Labute approximate surface area is 538 Å². The van der Waals surface area contributed by atoms with Gasteiger partial charge >= 0.3 is 0 Å². The standard InChI is InChI=1S/C75H123NO13/c1-3-5-7-9-11-13-15-17-19-21-22-23-24-25-26-27-28-29-30-31-32-33-34-35-36-37-38-39-40-41-42-43-45-47-49-51-53-55-57-59-67(80)76-63(64(79)58-56-54-52-50-48-46-44-20-18-16-14-12-10-8-6-4-2)62-86-74-72(85)70(83)73(66(61-78)88-74)89-75-71(84)69(82)68(81)65(60-77)87-75/h5,7,11,13,17,19,22-23,25-26,28-29,31-32,34-35,37-38,40-41,43,45,56,58,63-66,68-75,77-79,81-85H,3-4,6,8-10,12,14-16,18,20-21,24,27,30,33,36,39,42,44,46-55,57,59-62H2,1-2H3,(H,76,80)/b7-5-,13-11-,19-17-,23-22-,26-25-,29-28-,32-31-,35-34-,38-37-,41-40-,45-43-,58-56+. The molecule has 12 unspecified atom stereocenters. The highest BCUT2D eigenvalue weighted by molar-refractivity contribution is 5.76. The predicted molar refractivity (Wildman–Crippen MR) is 364 cm³/mol. The van der Waals surface area contributed by atoms with Crippen LogP contribution in [0.1, 0.15) is 226 Å². The van der Waals surface area contributed by atoms with Gasteiger partial charge in [0, 0.05) is 6.42 Å². The van der Waals surface area contributed by atoms with Crippen LogP contribution in [0.15, 0.2) is 146 Å². The fourth-order valence-electron chi connectivity index (χ4n) is 10.3. The summed E-state index contributed by atoms with van der Waals surface area (Å²) in [7, 11) is 0. The number of aliphatic hydroxyl groups is 8. The Bertz CT molecular complexity index is 2050. The molecule has 1 amide bonds. The largest absolute Gasteiger partial charge is 0.394 e. The molecule has 89 heavy (non-hydrogen) atoms. The van der Waals surface area contributed by atoms with E-state index in [4.69, 9.17) is 18.9 Å². The zero-order chi connectivity index (χ0) is 64.5. The van der Waals surface area contributed by atoms with E-state index in [2.05, 4.69) is 153 Å². The quantitative estimate of drug-likeness (QED) is 0.0204. The number of carbonyl (C=O) groups is 1. The molecule has 0 saturated carbocycles. The number of allylic oxidation sites excluding steroid dienone is 23. The molecule has 506 valence electrons. The molecule has 0 aromatic rings. The van der Waals surface area contributed by atoms with Crippen LogP contribution in [0.4, 0.5) is 0 Å². The first-order chi connectivity index (χ1) is 43.6. The maximum atomic E-state index is 13.3. The van der Waals surface area contributed by atoms with E-state index in [1.165, 1.54) is 77.0 Å². The third kappa shape index (κ3) is 41.9. The first-order valence-electron chi connectivity index (χ1n) is 34.6. The molecule has 2 rings (SSSR count). The van der Waals surface area contributed by atoms with Gasteiger partial charge in [-0.2, -0.15) is 0 Å². The normalized spacial score (nSPS) is 24.0. The summed E-state index contributed by atoms with van der Waals surface area (Å²) >= 11 is 0. The second-order valence-electron chi connectivity index (χ2n) is 23.6. The zero-order valence-electron chi connectivity index (χ0n) is 54.9. The highest BCUT2D eigenvalue weighted by Gasteiger charge is 2.51.